The second-order valence-corrected chi connectivity index (χ2v) is 4.33. The number of alkyl halides is 3. The van der Waals surface area contributed by atoms with Gasteiger partial charge in [0.25, 0.3) is 0 Å². The van der Waals surface area contributed by atoms with E-state index in [9.17, 15) is 13.2 Å². The third-order valence-corrected chi connectivity index (χ3v) is 2.82. The fourth-order valence-corrected chi connectivity index (χ4v) is 1.77. The Kier molecular flexibility index (Phi) is 4.09. The smallest absolute Gasteiger partial charge is 0.416 e. The van der Waals surface area contributed by atoms with Gasteiger partial charge in [0.05, 0.1) is 17.7 Å². The van der Waals surface area contributed by atoms with Crippen LogP contribution in [0.1, 0.15) is 5.56 Å². The van der Waals surface area contributed by atoms with Crippen LogP contribution in [-0.2, 0) is 6.18 Å². The van der Waals surface area contributed by atoms with Crippen molar-refractivity contribution in [3.63, 3.8) is 0 Å². The molecule has 2 rings (SSSR count). The van der Waals surface area contributed by atoms with E-state index < -0.39 is 11.7 Å². The number of methoxy groups -OCH3 is 1. The highest BCUT2D eigenvalue weighted by atomic mass is 35.5. The summed E-state index contributed by atoms with van der Waals surface area (Å²) in [6.07, 6.45) is -4.43. The van der Waals surface area contributed by atoms with Gasteiger partial charge in [0.2, 0.25) is 0 Å². The zero-order valence-corrected chi connectivity index (χ0v) is 11.1. The lowest BCUT2D eigenvalue weighted by Crippen LogP contribution is -2.04. The molecule has 0 bridgehead atoms. The van der Waals surface area contributed by atoms with Crippen molar-refractivity contribution in [1.29, 1.82) is 0 Å². The van der Waals surface area contributed by atoms with E-state index in [0.717, 1.165) is 12.1 Å². The molecule has 0 aliphatic carbocycles. The minimum absolute atomic E-state index is 0.109. The van der Waals surface area contributed by atoms with Gasteiger partial charge in [-0.2, -0.15) is 13.2 Å². The molecule has 2 aromatic carbocycles. The van der Waals surface area contributed by atoms with Crippen LogP contribution in [0.4, 0.5) is 13.2 Å². The van der Waals surface area contributed by atoms with Gasteiger partial charge in [-0.1, -0.05) is 17.7 Å². The maximum Gasteiger partial charge on any atom is 0.416 e. The SMILES string of the molecule is COc1cccc(Oc2ccc(C(F)(F)F)cc2Cl)c1. The van der Waals surface area contributed by atoms with Crippen molar-refractivity contribution in [2.24, 2.45) is 0 Å². The van der Waals surface area contributed by atoms with Crippen molar-refractivity contribution in [1.82, 2.24) is 0 Å². The molecule has 0 spiro atoms. The number of halogens is 4. The number of hydrogen-bond acceptors (Lipinski definition) is 2. The summed E-state index contributed by atoms with van der Waals surface area (Å²) in [6, 6.07) is 9.61. The zero-order chi connectivity index (χ0) is 14.8. The molecule has 0 aromatic heterocycles. The zero-order valence-electron chi connectivity index (χ0n) is 10.4. The number of rotatable bonds is 3. The minimum Gasteiger partial charge on any atom is -0.497 e. The van der Waals surface area contributed by atoms with Crippen LogP contribution >= 0.6 is 11.6 Å². The van der Waals surface area contributed by atoms with Gasteiger partial charge in [-0.15, -0.1) is 0 Å². The van der Waals surface area contributed by atoms with Crippen LogP contribution in [0.15, 0.2) is 42.5 Å². The molecule has 0 amide bonds. The van der Waals surface area contributed by atoms with Crippen LogP contribution in [0.5, 0.6) is 17.2 Å². The van der Waals surface area contributed by atoms with Gasteiger partial charge >= 0.3 is 6.18 Å². The second kappa shape index (κ2) is 5.63. The van der Waals surface area contributed by atoms with Crippen LogP contribution in [-0.4, -0.2) is 7.11 Å². The Balaban J connectivity index is 2.25. The van der Waals surface area contributed by atoms with Crippen molar-refractivity contribution in [3.8, 4) is 17.2 Å². The van der Waals surface area contributed by atoms with Crippen molar-refractivity contribution in [2.45, 2.75) is 6.18 Å². The van der Waals surface area contributed by atoms with Gasteiger partial charge in [0.1, 0.15) is 17.2 Å². The first kappa shape index (κ1) is 14.5. The molecule has 2 nitrogen and oxygen atoms in total. The third kappa shape index (κ3) is 3.36. The van der Waals surface area contributed by atoms with Crippen molar-refractivity contribution in [2.75, 3.05) is 7.11 Å². The molecule has 0 N–H and O–H groups in total. The average Bonchev–Trinajstić information content (AvgIpc) is 2.40. The Morgan fingerprint density at radius 1 is 1.00 bits per heavy atom. The summed E-state index contributed by atoms with van der Waals surface area (Å²) >= 11 is 5.80. The van der Waals surface area contributed by atoms with E-state index in [4.69, 9.17) is 21.1 Å². The summed E-state index contributed by atoms with van der Waals surface area (Å²) in [5.41, 5.74) is -0.819. The summed E-state index contributed by atoms with van der Waals surface area (Å²) in [5, 5.41) is -0.109. The molecule has 0 saturated carbocycles. The Morgan fingerprint density at radius 2 is 1.70 bits per heavy atom. The lowest BCUT2D eigenvalue weighted by Gasteiger charge is -2.11. The van der Waals surface area contributed by atoms with E-state index in [0.29, 0.717) is 11.5 Å². The van der Waals surface area contributed by atoms with Crippen LogP contribution in [0, 0.1) is 0 Å². The molecular weight excluding hydrogens is 293 g/mol. The first-order chi connectivity index (χ1) is 9.40. The summed E-state index contributed by atoms with van der Waals surface area (Å²) < 4.78 is 48.0. The van der Waals surface area contributed by atoms with Gasteiger partial charge in [-0.05, 0) is 30.3 Å². The van der Waals surface area contributed by atoms with Crippen LogP contribution < -0.4 is 9.47 Å². The molecule has 106 valence electrons. The van der Waals surface area contributed by atoms with E-state index in [1.165, 1.54) is 13.2 Å². The Hall–Kier alpha value is -1.88. The van der Waals surface area contributed by atoms with E-state index in [1.54, 1.807) is 24.3 Å². The molecule has 0 atom stereocenters. The summed E-state index contributed by atoms with van der Waals surface area (Å²) in [4.78, 5) is 0. The third-order valence-electron chi connectivity index (χ3n) is 2.53. The molecule has 0 saturated heterocycles. The maximum absolute atomic E-state index is 12.5. The molecule has 0 unspecified atom stereocenters. The average molecular weight is 303 g/mol. The van der Waals surface area contributed by atoms with E-state index in [1.807, 2.05) is 0 Å². The fraction of sp³-hybridized carbons (Fsp3) is 0.143. The standard InChI is InChI=1S/C14H10ClF3O2/c1-19-10-3-2-4-11(8-10)20-13-6-5-9(7-12(13)15)14(16,17)18/h2-8H,1H3. The van der Waals surface area contributed by atoms with E-state index in [2.05, 4.69) is 0 Å². The Labute approximate surface area is 118 Å². The maximum atomic E-state index is 12.5. The van der Waals surface area contributed by atoms with Gasteiger partial charge in [0.15, 0.2) is 0 Å². The van der Waals surface area contributed by atoms with Crippen molar-refractivity contribution in [3.05, 3.63) is 53.1 Å². The van der Waals surface area contributed by atoms with E-state index in [-0.39, 0.29) is 10.8 Å². The van der Waals surface area contributed by atoms with Crippen LogP contribution in [0.3, 0.4) is 0 Å². The van der Waals surface area contributed by atoms with E-state index >= 15 is 0 Å². The molecule has 0 fully saturated rings. The Bertz CT molecular complexity index is 612. The molecule has 2 aromatic rings. The lowest BCUT2D eigenvalue weighted by molar-refractivity contribution is -0.137. The molecule has 0 aliphatic heterocycles. The summed E-state index contributed by atoms with van der Waals surface area (Å²) in [5.74, 6) is 1.14. The minimum atomic E-state index is -4.43. The second-order valence-electron chi connectivity index (χ2n) is 3.92. The predicted molar refractivity (Wildman–Crippen MR) is 69.5 cm³/mol. The molecule has 0 heterocycles. The molecule has 0 aliphatic rings. The number of hydrogen-bond donors (Lipinski definition) is 0. The lowest BCUT2D eigenvalue weighted by atomic mass is 10.2. The van der Waals surface area contributed by atoms with Crippen molar-refractivity contribution < 1.29 is 22.6 Å². The largest absolute Gasteiger partial charge is 0.497 e. The highest BCUT2D eigenvalue weighted by Gasteiger charge is 2.31. The topological polar surface area (TPSA) is 18.5 Å². The monoisotopic (exact) mass is 302 g/mol. The predicted octanol–water partition coefficient (Wildman–Crippen LogP) is 5.16. The first-order valence-corrected chi connectivity index (χ1v) is 5.96. The normalized spacial score (nSPS) is 11.2. The highest BCUT2D eigenvalue weighted by molar-refractivity contribution is 6.32. The number of ether oxygens (including phenoxy) is 2. The van der Waals surface area contributed by atoms with Crippen molar-refractivity contribution >= 4 is 11.6 Å². The number of benzene rings is 2. The molecule has 0 radical (unpaired) electrons. The fourth-order valence-electron chi connectivity index (χ4n) is 1.55. The highest BCUT2D eigenvalue weighted by Crippen LogP contribution is 2.36. The molecular formula is C14H10ClF3O2. The molecule has 20 heavy (non-hydrogen) atoms. The van der Waals surface area contributed by atoms with Crippen LogP contribution in [0.25, 0.3) is 0 Å². The first-order valence-electron chi connectivity index (χ1n) is 5.59. The Morgan fingerprint density at radius 3 is 2.30 bits per heavy atom. The molecule has 6 heteroatoms. The van der Waals surface area contributed by atoms with Gasteiger partial charge < -0.3 is 9.47 Å². The van der Waals surface area contributed by atoms with Gasteiger partial charge in [-0.3, -0.25) is 0 Å². The summed E-state index contributed by atoms with van der Waals surface area (Å²) in [7, 11) is 1.50. The summed E-state index contributed by atoms with van der Waals surface area (Å²) in [6.45, 7) is 0. The quantitative estimate of drug-likeness (QED) is 0.779. The van der Waals surface area contributed by atoms with Crippen LogP contribution in [0.2, 0.25) is 5.02 Å². The van der Waals surface area contributed by atoms with Gasteiger partial charge in [-0.25, -0.2) is 0 Å². The van der Waals surface area contributed by atoms with Gasteiger partial charge in [0, 0.05) is 6.07 Å².